The molecule has 2 aromatic carbocycles. The van der Waals surface area contributed by atoms with E-state index < -0.39 is 6.10 Å². The number of carbonyl (C=O) groups excluding carboxylic acids is 1. The van der Waals surface area contributed by atoms with Crippen LogP contribution >= 0.6 is 0 Å². The van der Waals surface area contributed by atoms with Gasteiger partial charge in [-0.3, -0.25) is 4.79 Å². The molecule has 0 saturated heterocycles. The number of rotatable bonds is 12. The Bertz CT molecular complexity index is 819. The average Bonchev–Trinajstić information content (AvgIpc) is 2.77. The zero-order chi connectivity index (χ0) is 22.8. The number of methoxy groups -OCH3 is 2. The molecule has 0 heterocycles. The summed E-state index contributed by atoms with van der Waals surface area (Å²) in [7, 11) is 4.78. The summed E-state index contributed by atoms with van der Waals surface area (Å²) in [6.07, 6.45) is 1.06. The van der Waals surface area contributed by atoms with Crippen molar-refractivity contribution in [2.45, 2.75) is 25.9 Å². The second kappa shape index (κ2) is 12.0. The van der Waals surface area contributed by atoms with E-state index in [0.717, 1.165) is 18.5 Å². The molecule has 1 atom stereocenters. The third kappa shape index (κ3) is 7.03. The molecular formula is C23H31FN2O5. The number of hydrogen-bond donors (Lipinski definition) is 2. The molecule has 0 spiro atoms. The monoisotopic (exact) mass is 434 g/mol. The van der Waals surface area contributed by atoms with Gasteiger partial charge in [-0.1, -0.05) is 13.3 Å². The molecule has 0 bridgehead atoms. The highest BCUT2D eigenvalue weighted by molar-refractivity contribution is 5.95. The molecule has 0 unspecified atom stereocenters. The van der Waals surface area contributed by atoms with Crippen molar-refractivity contribution in [2.75, 3.05) is 45.9 Å². The normalized spacial score (nSPS) is 11.5. The highest BCUT2D eigenvalue weighted by atomic mass is 19.1. The lowest BCUT2D eigenvalue weighted by Gasteiger charge is -2.23. The van der Waals surface area contributed by atoms with E-state index in [4.69, 9.17) is 14.2 Å². The first-order chi connectivity index (χ1) is 14.9. The van der Waals surface area contributed by atoms with Gasteiger partial charge in [0.2, 0.25) is 5.75 Å². The molecule has 2 rings (SSSR count). The maximum atomic E-state index is 13.1. The summed E-state index contributed by atoms with van der Waals surface area (Å²) in [4.78, 5) is 14.4. The first-order valence-corrected chi connectivity index (χ1v) is 10.2. The summed E-state index contributed by atoms with van der Waals surface area (Å²) in [5.74, 6) is 0.558. The highest BCUT2D eigenvalue weighted by Crippen LogP contribution is 2.38. The van der Waals surface area contributed by atoms with E-state index in [0.29, 0.717) is 29.4 Å². The van der Waals surface area contributed by atoms with Crippen molar-refractivity contribution in [2.24, 2.45) is 0 Å². The van der Waals surface area contributed by atoms with Crippen molar-refractivity contribution < 1.29 is 28.5 Å². The van der Waals surface area contributed by atoms with Crippen molar-refractivity contribution in [1.29, 1.82) is 0 Å². The second-order valence-electron chi connectivity index (χ2n) is 7.13. The first kappa shape index (κ1) is 24.3. The molecule has 0 aromatic heterocycles. The Hall–Kier alpha value is -3.00. The van der Waals surface area contributed by atoms with Crippen LogP contribution in [0.4, 0.5) is 10.1 Å². The molecule has 0 fully saturated rings. The van der Waals surface area contributed by atoms with Gasteiger partial charge in [-0.25, -0.2) is 4.39 Å². The number of unbranched alkanes of at least 4 members (excludes halogenated alkanes) is 1. The number of hydrogen-bond acceptors (Lipinski definition) is 6. The number of nitrogens with one attached hydrogen (secondary N) is 1. The molecule has 0 aliphatic heterocycles. The second-order valence-corrected chi connectivity index (χ2v) is 7.13. The minimum atomic E-state index is -0.820. The number of carbonyl (C=O) groups is 1. The fraction of sp³-hybridized carbons (Fsp3) is 0.435. The fourth-order valence-corrected chi connectivity index (χ4v) is 2.97. The van der Waals surface area contributed by atoms with Crippen LogP contribution in [0.25, 0.3) is 0 Å². The Balaban J connectivity index is 1.99. The predicted molar refractivity (Wildman–Crippen MR) is 118 cm³/mol. The van der Waals surface area contributed by atoms with Crippen LogP contribution in [0, 0.1) is 5.82 Å². The molecule has 2 N–H and O–H groups in total. The van der Waals surface area contributed by atoms with Gasteiger partial charge in [0.15, 0.2) is 11.5 Å². The molecular weight excluding hydrogens is 403 g/mol. The van der Waals surface area contributed by atoms with E-state index in [9.17, 15) is 14.3 Å². The number of halogens is 1. The van der Waals surface area contributed by atoms with Crippen LogP contribution in [0.2, 0.25) is 0 Å². The molecule has 8 heteroatoms. The van der Waals surface area contributed by atoms with Crippen LogP contribution in [0.5, 0.6) is 17.2 Å². The molecule has 1 amide bonds. The van der Waals surface area contributed by atoms with Crippen molar-refractivity contribution in [3.63, 3.8) is 0 Å². The third-order valence-corrected chi connectivity index (χ3v) is 4.72. The van der Waals surface area contributed by atoms with E-state index in [-0.39, 0.29) is 24.8 Å². The summed E-state index contributed by atoms with van der Waals surface area (Å²) >= 11 is 0. The van der Waals surface area contributed by atoms with Crippen molar-refractivity contribution in [3.8, 4) is 17.2 Å². The molecule has 7 nitrogen and oxygen atoms in total. The number of ether oxygens (including phenoxy) is 3. The number of aliphatic hydroxyl groups is 1. The number of benzene rings is 2. The molecule has 2 aromatic rings. The molecule has 0 radical (unpaired) electrons. The SMILES string of the molecule is CCCCOc1c(OC)cc(C(=O)NC[C@H](O)CN(C)c2ccc(F)cc2)cc1OC. The topological polar surface area (TPSA) is 80.3 Å². The van der Waals surface area contributed by atoms with Crippen LogP contribution in [0.1, 0.15) is 30.1 Å². The molecule has 0 aliphatic carbocycles. The summed E-state index contributed by atoms with van der Waals surface area (Å²) in [6, 6.07) is 9.13. The Morgan fingerprint density at radius 1 is 1.16 bits per heavy atom. The third-order valence-electron chi connectivity index (χ3n) is 4.72. The fourth-order valence-electron chi connectivity index (χ4n) is 2.97. The molecule has 31 heavy (non-hydrogen) atoms. The summed E-state index contributed by atoms with van der Waals surface area (Å²) in [6.45, 7) is 2.89. The van der Waals surface area contributed by atoms with Gasteiger partial charge < -0.3 is 29.5 Å². The standard InChI is InChI=1S/C23H31FN2O5/c1-5-6-11-31-22-20(29-3)12-16(13-21(22)30-4)23(28)25-14-19(27)15-26(2)18-9-7-17(24)8-10-18/h7-10,12-13,19,27H,5-6,11,14-15H2,1-4H3,(H,25,28)/t19-/m0/s1. The minimum Gasteiger partial charge on any atom is -0.493 e. The first-order valence-electron chi connectivity index (χ1n) is 10.2. The van der Waals surface area contributed by atoms with E-state index in [1.54, 1.807) is 36.2 Å². The van der Waals surface area contributed by atoms with Crippen LogP contribution in [-0.2, 0) is 0 Å². The van der Waals surface area contributed by atoms with E-state index in [1.807, 2.05) is 0 Å². The van der Waals surface area contributed by atoms with Gasteiger partial charge in [0.1, 0.15) is 5.82 Å². The summed E-state index contributed by atoms with van der Waals surface area (Å²) < 4.78 is 29.6. The van der Waals surface area contributed by atoms with Gasteiger partial charge >= 0.3 is 0 Å². The van der Waals surface area contributed by atoms with Gasteiger partial charge in [0.05, 0.1) is 26.9 Å². The zero-order valence-electron chi connectivity index (χ0n) is 18.5. The number of amides is 1. The lowest BCUT2D eigenvalue weighted by Crippen LogP contribution is -2.39. The Morgan fingerprint density at radius 2 is 1.77 bits per heavy atom. The Labute approximate surface area is 182 Å². The predicted octanol–water partition coefficient (Wildman–Crippen LogP) is 3.25. The van der Waals surface area contributed by atoms with Crippen molar-refractivity contribution >= 4 is 11.6 Å². The largest absolute Gasteiger partial charge is 0.493 e. The Morgan fingerprint density at radius 3 is 2.32 bits per heavy atom. The van der Waals surface area contributed by atoms with E-state index >= 15 is 0 Å². The smallest absolute Gasteiger partial charge is 0.251 e. The summed E-state index contributed by atoms with van der Waals surface area (Å²) in [5, 5.41) is 13.0. The molecule has 0 aliphatic rings. The highest BCUT2D eigenvalue weighted by Gasteiger charge is 2.18. The number of aliphatic hydroxyl groups excluding tert-OH is 1. The lowest BCUT2D eigenvalue weighted by atomic mass is 10.1. The zero-order valence-corrected chi connectivity index (χ0v) is 18.5. The van der Waals surface area contributed by atoms with Gasteiger partial charge in [-0.2, -0.15) is 0 Å². The van der Waals surface area contributed by atoms with Crippen LogP contribution in [-0.4, -0.2) is 58.1 Å². The number of nitrogens with zero attached hydrogens (tertiary/aromatic N) is 1. The Kier molecular flexibility index (Phi) is 9.40. The van der Waals surface area contributed by atoms with Crippen LogP contribution in [0.15, 0.2) is 36.4 Å². The lowest BCUT2D eigenvalue weighted by molar-refractivity contribution is 0.0918. The van der Waals surface area contributed by atoms with Crippen molar-refractivity contribution in [1.82, 2.24) is 5.32 Å². The van der Waals surface area contributed by atoms with Gasteiger partial charge in [-0.15, -0.1) is 0 Å². The number of likely N-dealkylation sites (N-methyl/N-ethyl adjacent to an activating group) is 1. The van der Waals surface area contributed by atoms with Gasteiger partial charge in [0, 0.05) is 31.4 Å². The average molecular weight is 435 g/mol. The maximum absolute atomic E-state index is 13.1. The maximum Gasteiger partial charge on any atom is 0.251 e. The van der Waals surface area contributed by atoms with Gasteiger partial charge in [-0.05, 0) is 42.8 Å². The van der Waals surface area contributed by atoms with E-state index in [2.05, 4.69) is 12.2 Å². The van der Waals surface area contributed by atoms with Gasteiger partial charge in [0.25, 0.3) is 5.91 Å². The number of anilines is 1. The van der Waals surface area contributed by atoms with Crippen LogP contribution < -0.4 is 24.4 Å². The molecule has 170 valence electrons. The van der Waals surface area contributed by atoms with Crippen LogP contribution in [0.3, 0.4) is 0 Å². The minimum absolute atomic E-state index is 0.0454. The molecule has 0 saturated carbocycles. The quantitative estimate of drug-likeness (QED) is 0.499. The van der Waals surface area contributed by atoms with Crippen molar-refractivity contribution in [3.05, 3.63) is 47.8 Å². The summed E-state index contributed by atoms with van der Waals surface area (Å²) in [5.41, 5.74) is 1.09. The van der Waals surface area contributed by atoms with E-state index in [1.165, 1.54) is 26.4 Å².